The Balaban J connectivity index is 1.11. The number of nitrogens with two attached hydrogens (primary N) is 1. The van der Waals surface area contributed by atoms with Crippen LogP contribution in [0.1, 0.15) is 19.3 Å². The number of aliphatic hydroxyl groups excluding tert-OH is 1. The summed E-state index contributed by atoms with van der Waals surface area (Å²) < 4.78 is 89.7. The Morgan fingerprint density at radius 2 is 1.61 bits per heavy atom. The molecule has 13 nitrogen and oxygen atoms in total. The first-order valence-corrected chi connectivity index (χ1v) is 19.1. The van der Waals surface area contributed by atoms with E-state index in [2.05, 4.69) is 10.0 Å². The summed E-state index contributed by atoms with van der Waals surface area (Å²) in [7, 11) is -9.91. The molecule has 0 saturated carbocycles. The number of benzene rings is 3. The van der Waals surface area contributed by atoms with Gasteiger partial charge in [-0.25, -0.2) is 35.1 Å². The fraction of sp³-hybridized carbons (Fsp3) is 0.400. The molecule has 0 bridgehead atoms. The average Bonchev–Trinajstić information content (AvgIpc) is 3.44. The van der Waals surface area contributed by atoms with Crippen molar-refractivity contribution >= 4 is 30.1 Å². The molecule has 2 saturated heterocycles. The van der Waals surface area contributed by atoms with Gasteiger partial charge in [0.05, 0.1) is 26.9 Å². The summed E-state index contributed by atoms with van der Waals surface area (Å²) >= 11 is 0. The predicted octanol–water partition coefficient (Wildman–Crippen LogP) is 1.25. The molecule has 5 rings (SSSR count). The van der Waals surface area contributed by atoms with E-state index in [1.807, 2.05) is 0 Å². The minimum atomic E-state index is -3.84. The summed E-state index contributed by atoms with van der Waals surface area (Å²) in [4.78, 5) is 0.188. The van der Waals surface area contributed by atoms with Gasteiger partial charge in [0.15, 0.2) is 0 Å². The molecule has 0 aromatic heterocycles. The van der Waals surface area contributed by atoms with E-state index in [1.54, 1.807) is 48.5 Å². The molecule has 2 fully saturated rings. The summed E-state index contributed by atoms with van der Waals surface area (Å²) in [6.45, 7) is 1.21. The lowest BCUT2D eigenvalue weighted by Crippen LogP contribution is -2.47. The summed E-state index contributed by atoms with van der Waals surface area (Å²) in [6.07, 6.45) is 0.867. The third kappa shape index (κ3) is 7.95. The fourth-order valence-electron chi connectivity index (χ4n) is 5.68. The van der Waals surface area contributed by atoms with Crippen LogP contribution in [-0.2, 0) is 34.8 Å². The second kappa shape index (κ2) is 13.7. The van der Waals surface area contributed by atoms with Crippen LogP contribution in [0.5, 0.6) is 5.75 Å². The summed E-state index contributed by atoms with van der Waals surface area (Å²) in [5, 5.41) is 18.9. The number of rotatable bonds is 12. The highest BCUT2D eigenvalue weighted by Crippen LogP contribution is 2.37. The van der Waals surface area contributed by atoms with Crippen molar-refractivity contribution in [2.24, 2.45) is 5.14 Å². The number of hydrogen-bond donors (Lipinski definition) is 4. The van der Waals surface area contributed by atoms with Gasteiger partial charge in [-0.1, -0.05) is 30.3 Å². The Labute approximate surface area is 269 Å². The van der Waals surface area contributed by atoms with Gasteiger partial charge in [-0.15, -0.1) is 0 Å². The van der Waals surface area contributed by atoms with Crippen LogP contribution in [0.4, 0.5) is 0 Å². The lowest BCUT2D eigenvalue weighted by atomic mass is 9.88. The van der Waals surface area contributed by atoms with Crippen LogP contribution < -0.4 is 19.9 Å². The zero-order chi connectivity index (χ0) is 33.2. The van der Waals surface area contributed by atoms with E-state index in [4.69, 9.17) is 14.6 Å². The van der Waals surface area contributed by atoms with Gasteiger partial charge >= 0.3 is 0 Å². The molecule has 46 heavy (non-hydrogen) atoms. The van der Waals surface area contributed by atoms with Crippen LogP contribution in [0.3, 0.4) is 0 Å². The monoisotopic (exact) mass is 694 g/mol. The van der Waals surface area contributed by atoms with Gasteiger partial charge in [0.2, 0.25) is 30.1 Å². The molecule has 2 atom stereocenters. The molecule has 2 heterocycles. The first-order chi connectivity index (χ1) is 21.7. The highest BCUT2D eigenvalue weighted by atomic mass is 32.2. The Hall–Kier alpha value is -2.93. The van der Waals surface area contributed by atoms with Crippen LogP contribution in [0.2, 0.25) is 0 Å². The molecular weight excluding hydrogens is 657 g/mol. The van der Waals surface area contributed by atoms with Crippen molar-refractivity contribution < 1.29 is 39.8 Å². The molecule has 3 aromatic rings. The van der Waals surface area contributed by atoms with Gasteiger partial charge < -0.3 is 19.9 Å². The molecule has 16 heteroatoms. The number of ether oxygens (including phenoxy) is 2. The molecule has 0 radical (unpaired) electrons. The summed E-state index contributed by atoms with van der Waals surface area (Å²) in [5.41, 5.74) is 0.828. The quantitative estimate of drug-likeness (QED) is 0.214. The number of sulfonamides is 3. The molecule has 0 aliphatic carbocycles. The van der Waals surface area contributed by atoms with Gasteiger partial charge in [-0.05, 0) is 73.8 Å². The van der Waals surface area contributed by atoms with E-state index in [1.165, 1.54) is 35.6 Å². The second-order valence-electron chi connectivity index (χ2n) is 11.5. The maximum Gasteiger partial charge on any atom is 0.243 e. The molecule has 2 aliphatic rings. The largest absolute Gasteiger partial charge is 0.491 e. The first kappa shape index (κ1) is 34.4. The highest BCUT2D eigenvalue weighted by molar-refractivity contribution is 7.89. The van der Waals surface area contributed by atoms with E-state index in [0.717, 1.165) is 0 Å². The van der Waals surface area contributed by atoms with Gasteiger partial charge in [-0.3, -0.25) is 0 Å². The zero-order valence-electron chi connectivity index (χ0n) is 25.2. The molecule has 5 N–H and O–H groups in total. The SMILES string of the molecule is CNS(=O)(=O)c1cccc(OCC(O)CN[C@H]2COC3(CCN(S(=O)(=O)c4cccc(-c5ccc(S(N)(=O)=O)cc5)c4)CC3)C2)c1. The molecule has 2 aliphatic heterocycles. The van der Waals surface area contributed by atoms with Crippen molar-refractivity contribution in [3.05, 3.63) is 72.8 Å². The molecule has 3 aromatic carbocycles. The highest BCUT2D eigenvalue weighted by Gasteiger charge is 2.44. The van der Waals surface area contributed by atoms with E-state index >= 15 is 0 Å². The van der Waals surface area contributed by atoms with Crippen molar-refractivity contribution in [3.8, 4) is 16.9 Å². The molecule has 0 amide bonds. The van der Waals surface area contributed by atoms with Gasteiger partial charge in [0.25, 0.3) is 0 Å². The maximum absolute atomic E-state index is 13.6. The van der Waals surface area contributed by atoms with Gasteiger partial charge in [0, 0.05) is 31.7 Å². The molecule has 1 unspecified atom stereocenters. The normalized spacial score (nSPS) is 19.7. The van der Waals surface area contributed by atoms with E-state index in [0.29, 0.717) is 55.8 Å². The molecule has 1 spiro atoms. The lowest BCUT2D eigenvalue weighted by molar-refractivity contribution is -0.0312. The molecule has 250 valence electrons. The topological polar surface area (TPSA) is 194 Å². The minimum Gasteiger partial charge on any atom is -0.491 e. The second-order valence-corrected chi connectivity index (χ2v) is 16.8. The number of nitrogens with zero attached hydrogens (tertiary/aromatic N) is 1. The number of piperidine rings is 1. The van der Waals surface area contributed by atoms with Crippen LogP contribution in [-0.4, -0.2) is 92.3 Å². The summed E-state index contributed by atoms with van der Waals surface area (Å²) in [6, 6.07) is 18.5. The Kier molecular flexibility index (Phi) is 10.2. The van der Waals surface area contributed by atoms with E-state index < -0.39 is 41.8 Å². The van der Waals surface area contributed by atoms with Crippen LogP contribution in [0, 0.1) is 0 Å². The van der Waals surface area contributed by atoms with Crippen LogP contribution in [0.25, 0.3) is 11.1 Å². The van der Waals surface area contributed by atoms with Crippen molar-refractivity contribution in [1.82, 2.24) is 14.3 Å². The molecular formula is C30H38N4O9S3. The van der Waals surface area contributed by atoms with Crippen molar-refractivity contribution in [1.29, 1.82) is 0 Å². The van der Waals surface area contributed by atoms with Crippen molar-refractivity contribution in [2.45, 2.75) is 51.7 Å². The number of hydrogen-bond acceptors (Lipinski definition) is 10. The standard InChI is InChI=1S/C30H38N4O9S3/c1-32-45(38,39)28-6-3-5-26(17-28)42-21-25(35)19-33-24-18-30(43-20-24)12-14-34(15-13-30)46(40,41)29-7-2-4-23(16-29)22-8-10-27(11-9-22)44(31,36)37/h2-11,16-17,24-25,32-33,35H,12-15,18-21H2,1H3,(H2,31,36,37)/t24-,25?/m1/s1. The maximum atomic E-state index is 13.6. The zero-order valence-corrected chi connectivity index (χ0v) is 27.7. The van der Waals surface area contributed by atoms with Crippen molar-refractivity contribution in [2.75, 3.05) is 39.9 Å². The number of aliphatic hydroxyl groups is 1. The first-order valence-electron chi connectivity index (χ1n) is 14.7. The van der Waals surface area contributed by atoms with E-state index in [-0.39, 0.29) is 33.9 Å². The summed E-state index contributed by atoms with van der Waals surface area (Å²) in [5.74, 6) is 0.325. The third-order valence-corrected chi connectivity index (χ3v) is 12.5. The predicted molar refractivity (Wildman–Crippen MR) is 171 cm³/mol. The lowest BCUT2D eigenvalue weighted by Gasteiger charge is -2.38. The Bertz CT molecular complexity index is 1860. The third-order valence-electron chi connectivity index (χ3n) is 8.30. The van der Waals surface area contributed by atoms with E-state index in [9.17, 15) is 30.4 Å². The Morgan fingerprint density at radius 3 is 2.28 bits per heavy atom. The van der Waals surface area contributed by atoms with Gasteiger partial charge in [-0.2, -0.15) is 4.31 Å². The minimum absolute atomic E-state index is 0.0257. The Morgan fingerprint density at radius 1 is 0.935 bits per heavy atom. The smallest absolute Gasteiger partial charge is 0.243 e. The number of nitrogens with one attached hydrogen (secondary N) is 2. The van der Waals surface area contributed by atoms with Crippen LogP contribution in [0.15, 0.2) is 87.5 Å². The van der Waals surface area contributed by atoms with Gasteiger partial charge in [0.1, 0.15) is 18.5 Å². The van der Waals surface area contributed by atoms with Crippen molar-refractivity contribution in [3.63, 3.8) is 0 Å². The average molecular weight is 695 g/mol. The fourth-order valence-corrected chi connectivity index (χ4v) is 8.45. The van der Waals surface area contributed by atoms with Crippen LogP contribution >= 0.6 is 0 Å². The number of primary sulfonamides is 1.